The normalized spacial score (nSPS) is 17.4. The van der Waals surface area contributed by atoms with E-state index in [0.717, 1.165) is 34.7 Å². The Morgan fingerprint density at radius 3 is 3.00 bits per heavy atom. The molecule has 0 saturated carbocycles. The number of aryl methyl sites for hydroxylation is 2. The zero-order chi connectivity index (χ0) is 18.3. The first kappa shape index (κ1) is 17.5. The van der Waals surface area contributed by atoms with Gasteiger partial charge in [-0.05, 0) is 32.3 Å². The van der Waals surface area contributed by atoms with E-state index in [1.54, 1.807) is 4.57 Å². The molecule has 0 aliphatic carbocycles. The Morgan fingerprint density at radius 2 is 2.23 bits per heavy atom. The highest BCUT2D eigenvalue weighted by Crippen LogP contribution is 2.27. The van der Waals surface area contributed by atoms with E-state index in [2.05, 4.69) is 20.2 Å². The Labute approximate surface area is 157 Å². The van der Waals surface area contributed by atoms with Crippen molar-refractivity contribution in [2.45, 2.75) is 50.2 Å². The van der Waals surface area contributed by atoms with Crippen LogP contribution in [0.5, 0.6) is 0 Å². The molecule has 0 bridgehead atoms. The lowest BCUT2D eigenvalue weighted by molar-refractivity contribution is 0.0941. The number of ether oxygens (including phenoxy) is 1. The molecule has 2 N–H and O–H groups in total. The molecular formula is C16H19N5O3S2. The topological polar surface area (TPSA) is 106 Å². The van der Waals surface area contributed by atoms with E-state index in [9.17, 15) is 9.59 Å². The SMILES string of the molecule is Cc1sc2nc(CSc3n[nH]c(=O)n3C[C@H]3CCCO3)[nH]c(=O)c2c1C. The second-order valence-corrected chi connectivity index (χ2v) is 8.47. The molecular weight excluding hydrogens is 374 g/mol. The van der Waals surface area contributed by atoms with E-state index >= 15 is 0 Å². The van der Waals surface area contributed by atoms with Crippen molar-refractivity contribution in [2.24, 2.45) is 0 Å². The number of H-pyrrole nitrogens is 2. The van der Waals surface area contributed by atoms with Crippen LogP contribution in [0, 0.1) is 13.8 Å². The van der Waals surface area contributed by atoms with Crippen LogP contribution in [-0.2, 0) is 17.0 Å². The Bertz CT molecular complexity index is 1060. The van der Waals surface area contributed by atoms with E-state index in [0.29, 0.717) is 28.7 Å². The van der Waals surface area contributed by atoms with Crippen molar-refractivity contribution in [3.63, 3.8) is 0 Å². The summed E-state index contributed by atoms with van der Waals surface area (Å²) < 4.78 is 7.20. The van der Waals surface area contributed by atoms with E-state index in [1.807, 2.05) is 13.8 Å². The van der Waals surface area contributed by atoms with Crippen molar-refractivity contribution in [1.82, 2.24) is 24.7 Å². The molecule has 4 heterocycles. The fourth-order valence-electron chi connectivity index (χ4n) is 3.07. The lowest BCUT2D eigenvalue weighted by Crippen LogP contribution is -2.25. The van der Waals surface area contributed by atoms with Crippen molar-refractivity contribution < 1.29 is 4.74 Å². The van der Waals surface area contributed by atoms with Gasteiger partial charge in [-0.3, -0.25) is 9.36 Å². The maximum Gasteiger partial charge on any atom is 0.344 e. The van der Waals surface area contributed by atoms with Gasteiger partial charge in [0.25, 0.3) is 5.56 Å². The molecule has 3 aromatic rings. The van der Waals surface area contributed by atoms with E-state index in [4.69, 9.17) is 4.74 Å². The van der Waals surface area contributed by atoms with Crippen molar-refractivity contribution in [3.8, 4) is 0 Å². The van der Waals surface area contributed by atoms with Gasteiger partial charge in [0.1, 0.15) is 10.7 Å². The summed E-state index contributed by atoms with van der Waals surface area (Å²) in [7, 11) is 0. The average Bonchev–Trinajstić information content (AvgIpc) is 3.30. The predicted octanol–water partition coefficient (Wildman–Crippen LogP) is 1.96. The van der Waals surface area contributed by atoms with Crippen LogP contribution in [0.4, 0.5) is 0 Å². The molecule has 138 valence electrons. The number of aromatic amines is 2. The van der Waals surface area contributed by atoms with Gasteiger partial charge in [0.05, 0.1) is 23.8 Å². The zero-order valence-electron chi connectivity index (χ0n) is 14.5. The molecule has 10 heteroatoms. The van der Waals surface area contributed by atoms with Gasteiger partial charge in [-0.2, -0.15) is 0 Å². The van der Waals surface area contributed by atoms with Gasteiger partial charge >= 0.3 is 5.69 Å². The highest BCUT2D eigenvalue weighted by atomic mass is 32.2. The van der Waals surface area contributed by atoms with E-state index in [1.165, 1.54) is 23.1 Å². The monoisotopic (exact) mass is 393 g/mol. The maximum atomic E-state index is 12.4. The first-order valence-electron chi connectivity index (χ1n) is 8.41. The fraction of sp³-hybridized carbons (Fsp3) is 0.500. The summed E-state index contributed by atoms with van der Waals surface area (Å²) in [6.45, 7) is 5.16. The van der Waals surface area contributed by atoms with Crippen molar-refractivity contribution in [2.75, 3.05) is 6.61 Å². The Kier molecular flexibility index (Phi) is 4.72. The van der Waals surface area contributed by atoms with E-state index in [-0.39, 0.29) is 17.4 Å². The van der Waals surface area contributed by atoms with Gasteiger partial charge in [-0.25, -0.2) is 14.9 Å². The van der Waals surface area contributed by atoms with Crippen LogP contribution in [0.15, 0.2) is 14.7 Å². The summed E-state index contributed by atoms with van der Waals surface area (Å²) in [5, 5.41) is 7.82. The number of thiophene rings is 1. The fourth-order valence-corrected chi connectivity index (χ4v) is 4.94. The predicted molar refractivity (Wildman–Crippen MR) is 101 cm³/mol. The molecule has 1 aliphatic rings. The van der Waals surface area contributed by atoms with Crippen molar-refractivity contribution in [1.29, 1.82) is 0 Å². The van der Waals surface area contributed by atoms with Gasteiger partial charge < -0.3 is 9.72 Å². The summed E-state index contributed by atoms with van der Waals surface area (Å²) >= 11 is 2.89. The minimum atomic E-state index is -0.246. The first-order valence-corrected chi connectivity index (χ1v) is 10.2. The third kappa shape index (κ3) is 3.24. The number of aromatic nitrogens is 5. The number of fused-ring (bicyclic) bond motifs is 1. The molecule has 1 atom stereocenters. The molecule has 1 saturated heterocycles. The van der Waals surface area contributed by atoms with Crippen LogP contribution in [0.2, 0.25) is 0 Å². The largest absolute Gasteiger partial charge is 0.376 e. The molecule has 4 rings (SSSR count). The Balaban J connectivity index is 1.55. The third-order valence-electron chi connectivity index (χ3n) is 4.56. The lowest BCUT2D eigenvalue weighted by atomic mass is 10.2. The van der Waals surface area contributed by atoms with Crippen LogP contribution < -0.4 is 11.2 Å². The quantitative estimate of drug-likeness (QED) is 0.642. The molecule has 0 amide bonds. The molecule has 1 fully saturated rings. The van der Waals surface area contributed by atoms with Crippen LogP contribution >= 0.6 is 23.1 Å². The second-order valence-electron chi connectivity index (χ2n) is 6.32. The molecule has 8 nitrogen and oxygen atoms in total. The van der Waals surface area contributed by atoms with Crippen molar-refractivity contribution in [3.05, 3.63) is 37.1 Å². The van der Waals surface area contributed by atoms with Gasteiger partial charge in [-0.1, -0.05) is 11.8 Å². The van der Waals surface area contributed by atoms with Crippen molar-refractivity contribution >= 4 is 33.3 Å². The smallest absolute Gasteiger partial charge is 0.344 e. The van der Waals surface area contributed by atoms with E-state index < -0.39 is 0 Å². The van der Waals surface area contributed by atoms with Gasteiger partial charge in [-0.15, -0.1) is 16.4 Å². The summed E-state index contributed by atoms with van der Waals surface area (Å²) in [6.07, 6.45) is 2.02. The molecule has 0 unspecified atom stereocenters. The number of rotatable bonds is 5. The Morgan fingerprint density at radius 1 is 1.38 bits per heavy atom. The lowest BCUT2D eigenvalue weighted by Gasteiger charge is -2.10. The first-order chi connectivity index (χ1) is 12.5. The number of thioether (sulfide) groups is 1. The average molecular weight is 393 g/mol. The third-order valence-corrected chi connectivity index (χ3v) is 6.65. The maximum absolute atomic E-state index is 12.4. The Hall–Kier alpha value is -1.91. The summed E-state index contributed by atoms with van der Waals surface area (Å²) in [5.41, 5.74) is 0.617. The van der Waals surface area contributed by atoms with Crippen LogP contribution in [0.25, 0.3) is 10.2 Å². The van der Waals surface area contributed by atoms with Crippen LogP contribution in [0.1, 0.15) is 29.1 Å². The van der Waals surface area contributed by atoms with Gasteiger partial charge in [0.15, 0.2) is 5.16 Å². The minimum Gasteiger partial charge on any atom is -0.376 e. The number of nitrogens with zero attached hydrogens (tertiary/aromatic N) is 3. The summed E-state index contributed by atoms with van der Waals surface area (Å²) in [4.78, 5) is 33.6. The number of nitrogens with one attached hydrogen (secondary N) is 2. The molecule has 26 heavy (non-hydrogen) atoms. The summed E-state index contributed by atoms with van der Waals surface area (Å²) in [5.74, 6) is 1.00. The minimum absolute atomic E-state index is 0.0519. The highest BCUT2D eigenvalue weighted by Gasteiger charge is 2.20. The highest BCUT2D eigenvalue weighted by molar-refractivity contribution is 7.98. The standard InChI is InChI=1S/C16H19N5O3S2/c1-8-9(2)26-14-12(8)13(22)17-11(18-14)7-25-16-20-19-15(23)21(16)6-10-4-3-5-24-10/h10H,3-7H2,1-2H3,(H,19,23)(H,17,18,22)/t10-/m1/s1. The number of hydrogen-bond acceptors (Lipinski definition) is 7. The second kappa shape index (κ2) is 7.01. The zero-order valence-corrected chi connectivity index (χ0v) is 16.1. The number of hydrogen-bond donors (Lipinski definition) is 2. The van der Waals surface area contributed by atoms with Gasteiger partial charge in [0, 0.05) is 11.5 Å². The summed E-state index contributed by atoms with van der Waals surface area (Å²) in [6, 6.07) is 0. The molecule has 3 aromatic heterocycles. The molecule has 0 spiro atoms. The molecule has 0 radical (unpaired) electrons. The van der Waals surface area contributed by atoms with Gasteiger partial charge in [0.2, 0.25) is 0 Å². The van der Waals surface area contributed by atoms with Crippen LogP contribution in [-0.4, -0.2) is 37.4 Å². The molecule has 0 aromatic carbocycles. The van der Waals surface area contributed by atoms with Crippen LogP contribution in [0.3, 0.4) is 0 Å². The molecule has 1 aliphatic heterocycles.